The number of aryl methyl sites for hydroxylation is 2. The van der Waals surface area contributed by atoms with Crippen molar-refractivity contribution in [3.8, 4) is 0 Å². The smallest absolute Gasteiger partial charge is 0.0568 e. The minimum Gasteiger partial charge on any atom is -0.144 e. The molecule has 1 heterocycles. The molecule has 1 aromatic carbocycles. The van der Waals surface area contributed by atoms with Gasteiger partial charge in [0.15, 0.2) is 0 Å². The molecule has 0 nitrogen and oxygen atoms in total. The van der Waals surface area contributed by atoms with Crippen molar-refractivity contribution >= 4 is 22.9 Å². The Morgan fingerprint density at radius 3 is 2.31 bits per heavy atom. The van der Waals surface area contributed by atoms with Gasteiger partial charge >= 0.3 is 0 Å². The minimum atomic E-state index is 0.642. The Balaban J connectivity index is 1.80. The Hall–Kier alpha value is -0.790. The summed E-state index contributed by atoms with van der Waals surface area (Å²) in [4.78, 5) is 2.72. The molecule has 0 saturated heterocycles. The Kier molecular flexibility index (Phi) is 4.44. The number of hydrogen-bond donors (Lipinski definition) is 0. The summed E-state index contributed by atoms with van der Waals surface area (Å²) in [7, 11) is 0. The molecular formula is C14H15ClS. The summed E-state index contributed by atoms with van der Waals surface area (Å²) in [5.41, 5.74) is 1.43. The Bertz CT molecular complexity index is 419. The summed E-state index contributed by atoms with van der Waals surface area (Å²) in [6.45, 7) is 0. The molecule has 0 N–H and O–H groups in total. The van der Waals surface area contributed by atoms with Crippen molar-refractivity contribution in [1.29, 1.82) is 0 Å². The fraction of sp³-hybridized carbons (Fsp3) is 0.286. The van der Waals surface area contributed by atoms with Crippen molar-refractivity contribution < 1.29 is 0 Å². The van der Waals surface area contributed by atoms with Crippen LogP contribution in [-0.4, -0.2) is 0 Å². The van der Waals surface area contributed by atoms with Crippen LogP contribution in [0.25, 0.3) is 0 Å². The summed E-state index contributed by atoms with van der Waals surface area (Å²) in [5, 5.41) is 0. The van der Waals surface area contributed by atoms with Crippen LogP contribution < -0.4 is 0 Å². The van der Waals surface area contributed by atoms with E-state index < -0.39 is 0 Å². The van der Waals surface area contributed by atoms with Crippen molar-refractivity contribution in [3.63, 3.8) is 0 Å². The standard InChI is InChI=1S/C14H15ClS/c15-11-14-10-9-13(16-14)8-4-7-12-5-2-1-3-6-12/h1-3,5-6,9-10H,4,7-8,11H2. The number of thiophene rings is 1. The number of alkyl halides is 1. The van der Waals surface area contributed by atoms with Crippen molar-refractivity contribution in [2.75, 3.05) is 0 Å². The lowest BCUT2D eigenvalue weighted by Gasteiger charge is -1.99. The highest BCUT2D eigenvalue weighted by atomic mass is 35.5. The highest BCUT2D eigenvalue weighted by Crippen LogP contribution is 2.20. The first-order valence-electron chi connectivity index (χ1n) is 5.56. The largest absolute Gasteiger partial charge is 0.144 e. The molecule has 2 heteroatoms. The molecule has 0 aliphatic rings. The lowest BCUT2D eigenvalue weighted by molar-refractivity contribution is 0.831. The molecule has 0 spiro atoms. The van der Waals surface area contributed by atoms with Crippen LogP contribution in [0.3, 0.4) is 0 Å². The van der Waals surface area contributed by atoms with E-state index in [0.29, 0.717) is 5.88 Å². The molecule has 16 heavy (non-hydrogen) atoms. The van der Waals surface area contributed by atoms with E-state index in [-0.39, 0.29) is 0 Å². The summed E-state index contributed by atoms with van der Waals surface area (Å²) < 4.78 is 0. The van der Waals surface area contributed by atoms with Crippen LogP contribution in [0, 0.1) is 0 Å². The fourth-order valence-electron chi connectivity index (χ4n) is 1.74. The first-order chi connectivity index (χ1) is 7.88. The fourth-order valence-corrected chi connectivity index (χ4v) is 2.90. The highest BCUT2D eigenvalue weighted by Gasteiger charge is 1.99. The maximum atomic E-state index is 5.78. The van der Waals surface area contributed by atoms with Crippen LogP contribution in [-0.2, 0) is 18.7 Å². The number of benzene rings is 1. The lowest BCUT2D eigenvalue weighted by Crippen LogP contribution is -1.87. The van der Waals surface area contributed by atoms with E-state index in [9.17, 15) is 0 Å². The zero-order valence-corrected chi connectivity index (χ0v) is 10.7. The molecule has 0 saturated carbocycles. The molecule has 0 aliphatic heterocycles. The van der Waals surface area contributed by atoms with Gasteiger partial charge in [-0.1, -0.05) is 30.3 Å². The van der Waals surface area contributed by atoms with Gasteiger partial charge in [-0.3, -0.25) is 0 Å². The molecule has 0 unspecified atom stereocenters. The van der Waals surface area contributed by atoms with Gasteiger partial charge in [0.1, 0.15) is 0 Å². The zero-order chi connectivity index (χ0) is 11.2. The molecule has 2 aromatic rings. The van der Waals surface area contributed by atoms with Gasteiger partial charge in [-0.25, -0.2) is 0 Å². The Morgan fingerprint density at radius 2 is 1.62 bits per heavy atom. The normalized spacial score (nSPS) is 10.6. The van der Waals surface area contributed by atoms with Crippen LogP contribution in [0.1, 0.15) is 21.7 Å². The second-order valence-electron chi connectivity index (χ2n) is 3.84. The molecule has 1 aromatic heterocycles. The first kappa shape index (κ1) is 11.7. The molecule has 0 fully saturated rings. The van der Waals surface area contributed by atoms with Gasteiger partial charge in [-0.2, -0.15) is 0 Å². The molecule has 0 atom stereocenters. The quantitative estimate of drug-likeness (QED) is 0.677. The zero-order valence-electron chi connectivity index (χ0n) is 9.16. The Morgan fingerprint density at radius 1 is 0.875 bits per heavy atom. The van der Waals surface area contributed by atoms with Crippen molar-refractivity contribution in [2.45, 2.75) is 25.1 Å². The highest BCUT2D eigenvalue weighted by molar-refractivity contribution is 7.12. The maximum absolute atomic E-state index is 5.78. The van der Waals surface area contributed by atoms with Gasteiger partial charge in [0.25, 0.3) is 0 Å². The van der Waals surface area contributed by atoms with Gasteiger partial charge < -0.3 is 0 Å². The van der Waals surface area contributed by atoms with E-state index >= 15 is 0 Å². The lowest BCUT2D eigenvalue weighted by atomic mass is 10.1. The topological polar surface area (TPSA) is 0 Å². The molecule has 0 bridgehead atoms. The number of hydrogen-bond acceptors (Lipinski definition) is 1. The van der Waals surface area contributed by atoms with Crippen LogP contribution in [0.2, 0.25) is 0 Å². The predicted molar refractivity (Wildman–Crippen MR) is 72.3 cm³/mol. The van der Waals surface area contributed by atoms with Gasteiger partial charge in [0.2, 0.25) is 0 Å². The third kappa shape index (κ3) is 3.36. The maximum Gasteiger partial charge on any atom is 0.0568 e. The molecule has 0 aliphatic carbocycles. The summed E-state index contributed by atoms with van der Waals surface area (Å²) in [5.74, 6) is 0.642. The SMILES string of the molecule is ClCc1ccc(CCCc2ccccc2)s1. The van der Waals surface area contributed by atoms with E-state index in [1.54, 1.807) is 0 Å². The van der Waals surface area contributed by atoms with Crippen LogP contribution >= 0.6 is 22.9 Å². The average molecular weight is 251 g/mol. The third-order valence-electron chi connectivity index (χ3n) is 2.58. The molecule has 2 rings (SSSR count). The second-order valence-corrected chi connectivity index (χ2v) is 5.36. The Labute approximate surface area is 106 Å². The average Bonchev–Trinajstić information content (AvgIpc) is 2.78. The molecule has 84 valence electrons. The van der Waals surface area contributed by atoms with E-state index in [0.717, 1.165) is 12.8 Å². The van der Waals surface area contributed by atoms with E-state index in [4.69, 9.17) is 11.6 Å². The second kappa shape index (κ2) is 6.07. The summed E-state index contributed by atoms with van der Waals surface area (Å²) >= 11 is 7.62. The summed E-state index contributed by atoms with van der Waals surface area (Å²) in [6, 6.07) is 15.0. The van der Waals surface area contributed by atoms with Crippen LogP contribution in [0.4, 0.5) is 0 Å². The third-order valence-corrected chi connectivity index (χ3v) is 4.17. The molecular weight excluding hydrogens is 236 g/mol. The van der Waals surface area contributed by atoms with Gasteiger partial charge in [0.05, 0.1) is 5.88 Å². The van der Waals surface area contributed by atoms with E-state index in [1.807, 2.05) is 11.3 Å². The van der Waals surface area contributed by atoms with Gasteiger partial charge in [-0.15, -0.1) is 22.9 Å². The van der Waals surface area contributed by atoms with Gasteiger partial charge in [0, 0.05) is 9.75 Å². The van der Waals surface area contributed by atoms with Crippen LogP contribution in [0.5, 0.6) is 0 Å². The van der Waals surface area contributed by atoms with Crippen molar-refractivity contribution in [1.82, 2.24) is 0 Å². The monoisotopic (exact) mass is 250 g/mol. The number of halogens is 1. The van der Waals surface area contributed by atoms with Crippen molar-refractivity contribution in [3.05, 3.63) is 57.8 Å². The summed E-state index contributed by atoms with van der Waals surface area (Å²) in [6.07, 6.45) is 3.54. The molecule has 0 radical (unpaired) electrons. The van der Waals surface area contributed by atoms with Gasteiger partial charge in [-0.05, 0) is 37.0 Å². The van der Waals surface area contributed by atoms with Crippen LogP contribution in [0.15, 0.2) is 42.5 Å². The van der Waals surface area contributed by atoms with E-state index in [1.165, 1.54) is 21.7 Å². The number of rotatable bonds is 5. The molecule has 0 amide bonds. The van der Waals surface area contributed by atoms with E-state index in [2.05, 4.69) is 42.5 Å². The first-order valence-corrected chi connectivity index (χ1v) is 6.91. The van der Waals surface area contributed by atoms with Crippen molar-refractivity contribution in [2.24, 2.45) is 0 Å². The minimum absolute atomic E-state index is 0.642. The predicted octanol–water partition coefficient (Wildman–Crippen LogP) is 4.66.